The van der Waals surface area contributed by atoms with E-state index in [9.17, 15) is 0 Å². The first-order valence-electron chi connectivity index (χ1n) is 16.6. The van der Waals surface area contributed by atoms with Crippen molar-refractivity contribution in [3.63, 3.8) is 0 Å². The number of para-hydroxylation sites is 2. The Hall–Kier alpha value is -5.15. The minimum Gasteiger partial charge on any atom is -0.381 e. The van der Waals surface area contributed by atoms with Crippen molar-refractivity contribution in [2.24, 2.45) is 0 Å². The van der Waals surface area contributed by atoms with E-state index in [1.54, 1.807) is 0 Å². The molecule has 1 N–H and O–H groups in total. The molecule has 0 bridgehead atoms. The Kier molecular flexibility index (Phi) is 9.59. The smallest absolute Gasteiger partial charge is 0.0638 e. The maximum Gasteiger partial charge on any atom is 0.0638 e. The van der Waals surface area contributed by atoms with Crippen molar-refractivity contribution in [2.75, 3.05) is 28.2 Å². The van der Waals surface area contributed by atoms with Crippen LogP contribution in [0.3, 0.4) is 0 Å². The summed E-state index contributed by atoms with van der Waals surface area (Å²) < 4.78 is 0. The van der Waals surface area contributed by atoms with Crippen LogP contribution < -0.4 is 15.1 Å². The van der Waals surface area contributed by atoms with E-state index < -0.39 is 0 Å². The van der Waals surface area contributed by atoms with Crippen LogP contribution in [-0.2, 0) is 0 Å². The first-order chi connectivity index (χ1) is 22.6. The molecular weight excluding hydrogens is 558 g/mol. The molecule has 3 heteroatoms. The summed E-state index contributed by atoms with van der Waals surface area (Å²) in [4.78, 5) is 4.71. The van der Waals surface area contributed by atoms with Crippen LogP contribution in [0.25, 0.3) is 10.8 Å². The number of rotatable bonds is 12. The van der Waals surface area contributed by atoms with Gasteiger partial charge in [-0.15, -0.1) is 0 Å². The molecule has 1 unspecified atom stereocenters. The highest BCUT2D eigenvalue weighted by Gasteiger charge is 2.27. The molecule has 0 aromatic heterocycles. The van der Waals surface area contributed by atoms with Crippen molar-refractivity contribution in [3.05, 3.63) is 168 Å². The summed E-state index contributed by atoms with van der Waals surface area (Å²) in [5.74, 6) is 1.23. The van der Waals surface area contributed by atoms with E-state index in [0.29, 0.717) is 6.04 Å². The molecule has 46 heavy (non-hydrogen) atoms. The molecule has 0 aliphatic rings. The lowest BCUT2D eigenvalue weighted by atomic mass is 9.82. The van der Waals surface area contributed by atoms with E-state index in [1.165, 1.54) is 61.8 Å². The van der Waals surface area contributed by atoms with Crippen LogP contribution >= 0.6 is 0 Å². The van der Waals surface area contributed by atoms with Gasteiger partial charge in [-0.3, -0.25) is 0 Å². The van der Waals surface area contributed by atoms with Crippen LogP contribution in [-0.4, -0.2) is 19.1 Å². The third-order valence-corrected chi connectivity index (χ3v) is 8.91. The van der Waals surface area contributed by atoms with Gasteiger partial charge in [0.15, 0.2) is 0 Å². The molecule has 0 saturated heterocycles. The highest BCUT2D eigenvalue weighted by molar-refractivity contribution is 5.98. The quantitative estimate of drug-likeness (QED) is 0.111. The van der Waals surface area contributed by atoms with Gasteiger partial charge < -0.3 is 15.1 Å². The van der Waals surface area contributed by atoms with E-state index >= 15 is 0 Å². The highest BCUT2D eigenvalue weighted by Crippen LogP contribution is 2.40. The lowest BCUT2D eigenvalue weighted by Crippen LogP contribution is -2.16. The normalized spacial score (nSPS) is 11.7. The van der Waals surface area contributed by atoms with Gasteiger partial charge in [0.1, 0.15) is 0 Å². The van der Waals surface area contributed by atoms with Crippen molar-refractivity contribution < 1.29 is 0 Å². The Bertz CT molecular complexity index is 1740. The van der Waals surface area contributed by atoms with E-state index in [2.05, 4.69) is 188 Å². The maximum atomic E-state index is 3.74. The standard InChI is InChI=1S/C43H44N3/c1-5-32(4)44-42-31-30-41(39-20-14-15-21-40(39)42)43(33-22-26-37(27-23-33)45(6-2)35-16-10-8-11-17-35)34-24-28-38(29-25-34)46(7-3)36-18-12-9-13-19-36/h8-32,44H,5-7H2,1-4H3/q+1. The fourth-order valence-corrected chi connectivity index (χ4v) is 6.35. The van der Waals surface area contributed by atoms with Gasteiger partial charge in [0, 0.05) is 41.3 Å². The summed E-state index contributed by atoms with van der Waals surface area (Å²) in [6.45, 7) is 10.7. The number of nitrogens with one attached hydrogen (secondary N) is 1. The first kappa shape index (κ1) is 30.9. The highest BCUT2D eigenvalue weighted by atomic mass is 15.1. The maximum absolute atomic E-state index is 3.74. The third-order valence-electron chi connectivity index (χ3n) is 8.91. The fraction of sp³-hybridized carbons (Fsp3) is 0.186. The SMILES string of the molecule is CCC(C)Nc1ccc([C+](c2ccc(N(CC)c3ccccc3)cc2)c2ccc(N(CC)c3ccccc3)cc2)c2ccccc12. The second kappa shape index (κ2) is 14.3. The predicted octanol–water partition coefficient (Wildman–Crippen LogP) is 11.4. The van der Waals surface area contributed by atoms with Crippen LogP contribution in [0.2, 0.25) is 0 Å². The zero-order chi connectivity index (χ0) is 31.9. The average molecular weight is 603 g/mol. The second-order valence-corrected chi connectivity index (χ2v) is 11.8. The van der Waals surface area contributed by atoms with Gasteiger partial charge in [-0.2, -0.15) is 0 Å². The van der Waals surface area contributed by atoms with Crippen molar-refractivity contribution in [1.29, 1.82) is 0 Å². The topological polar surface area (TPSA) is 18.5 Å². The molecule has 1 atom stereocenters. The van der Waals surface area contributed by atoms with Gasteiger partial charge >= 0.3 is 0 Å². The first-order valence-corrected chi connectivity index (χ1v) is 16.6. The van der Waals surface area contributed by atoms with Gasteiger partial charge in [-0.25, -0.2) is 0 Å². The zero-order valence-corrected chi connectivity index (χ0v) is 27.4. The number of hydrogen-bond acceptors (Lipinski definition) is 3. The van der Waals surface area contributed by atoms with E-state index in [4.69, 9.17) is 0 Å². The van der Waals surface area contributed by atoms with Crippen molar-refractivity contribution in [1.82, 2.24) is 0 Å². The predicted molar refractivity (Wildman–Crippen MR) is 199 cm³/mol. The number of benzene rings is 6. The molecule has 0 amide bonds. The van der Waals surface area contributed by atoms with Gasteiger partial charge in [0.2, 0.25) is 0 Å². The minimum absolute atomic E-state index is 0.398. The molecule has 6 aromatic carbocycles. The molecular formula is C43H44N3+. The molecule has 230 valence electrons. The minimum atomic E-state index is 0.398. The summed E-state index contributed by atoms with van der Waals surface area (Å²) in [6, 6.07) is 53.2. The molecule has 0 spiro atoms. The van der Waals surface area contributed by atoms with Gasteiger partial charge in [0.25, 0.3) is 0 Å². The second-order valence-electron chi connectivity index (χ2n) is 11.8. The van der Waals surface area contributed by atoms with Gasteiger partial charge in [0.05, 0.1) is 39.7 Å². The zero-order valence-electron chi connectivity index (χ0n) is 27.4. The lowest BCUT2D eigenvalue weighted by molar-refractivity contribution is 0.765. The number of hydrogen-bond donors (Lipinski definition) is 1. The summed E-state index contributed by atoms with van der Waals surface area (Å²) >= 11 is 0. The Labute approximate surface area is 275 Å². The summed E-state index contributed by atoms with van der Waals surface area (Å²) in [6.07, 6.45) is 1.07. The Morgan fingerprint density at radius 3 is 1.39 bits per heavy atom. The molecule has 0 saturated carbocycles. The summed E-state index contributed by atoms with van der Waals surface area (Å²) in [5, 5.41) is 6.24. The van der Waals surface area contributed by atoms with Crippen LogP contribution in [0.4, 0.5) is 28.4 Å². The van der Waals surface area contributed by atoms with Crippen LogP contribution in [0.15, 0.2) is 146 Å². The van der Waals surface area contributed by atoms with Gasteiger partial charge in [-0.05, 0) is 124 Å². The molecule has 6 rings (SSSR count). The van der Waals surface area contributed by atoms with Crippen LogP contribution in [0, 0.1) is 5.92 Å². The average Bonchev–Trinajstić information content (AvgIpc) is 3.12. The lowest BCUT2D eigenvalue weighted by Gasteiger charge is -2.24. The number of anilines is 5. The Morgan fingerprint density at radius 2 is 0.935 bits per heavy atom. The van der Waals surface area contributed by atoms with Crippen LogP contribution in [0.1, 0.15) is 50.8 Å². The molecule has 6 aromatic rings. The largest absolute Gasteiger partial charge is 0.381 e. The molecule has 0 aliphatic heterocycles. The molecule has 0 aliphatic carbocycles. The monoisotopic (exact) mass is 602 g/mol. The molecule has 0 radical (unpaired) electrons. The molecule has 0 heterocycles. The number of fused-ring (bicyclic) bond motifs is 1. The molecule has 3 nitrogen and oxygen atoms in total. The fourth-order valence-electron chi connectivity index (χ4n) is 6.35. The van der Waals surface area contributed by atoms with Crippen molar-refractivity contribution in [2.45, 2.75) is 40.2 Å². The van der Waals surface area contributed by atoms with E-state index in [-0.39, 0.29) is 0 Å². The van der Waals surface area contributed by atoms with Crippen molar-refractivity contribution >= 4 is 39.2 Å². The third kappa shape index (κ3) is 6.46. The van der Waals surface area contributed by atoms with Crippen molar-refractivity contribution in [3.8, 4) is 0 Å². The van der Waals surface area contributed by atoms with E-state index in [0.717, 1.165) is 19.5 Å². The Balaban J connectivity index is 1.45. The van der Waals surface area contributed by atoms with Crippen LogP contribution in [0.5, 0.6) is 0 Å². The van der Waals surface area contributed by atoms with E-state index in [1.807, 2.05) is 0 Å². The summed E-state index contributed by atoms with van der Waals surface area (Å²) in [5.41, 5.74) is 9.59. The number of nitrogens with zero attached hydrogens (tertiary/aromatic N) is 2. The Morgan fingerprint density at radius 1 is 0.500 bits per heavy atom. The summed E-state index contributed by atoms with van der Waals surface area (Å²) in [7, 11) is 0. The molecule has 0 fully saturated rings. The van der Waals surface area contributed by atoms with Gasteiger partial charge in [-0.1, -0.05) is 55.5 Å².